The van der Waals surface area contributed by atoms with Crippen LogP contribution in [0, 0.1) is 26.7 Å². The molecule has 5 heteroatoms. The second-order valence-corrected chi connectivity index (χ2v) is 8.80. The van der Waals surface area contributed by atoms with Crippen LogP contribution in [0.4, 0.5) is 5.69 Å². The third kappa shape index (κ3) is 6.47. The maximum absolute atomic E-state index is 12.6. The quantitative estimate of drug-likeness (QED) is 0.654. The molecule has 1 heterocycles. The Balaban J connectivity index is 1.45. The van der Waals surface area contributed by atoms with Gasteiger partial charge >= 0.3 is 0 Å². The van der Waals surface area contributed by atoms with Crippen LogP contribution < -0.4 is 14.8 Å². The van der Waals surface area contributed by atoms with Gasteiger partial charge < -0.3 is 14.8 Å². The number of anilines is 1. The molecular formula is C26H36N2O3. The summed E-state index contributed by atoms with van der Waals surface area (Å²) in [6.45, 7) is 8.61. The maximum Gasteiger partial charge on any atom is 0.238 e. The Kier molecular flexibility index (Phi) is 7.97. The van der Waals surface area contributed by atoms with Crippen LogP contribution in [0.15, 0.2) is 30.3 Å². The number of piperidine rings is 1. The van der Waals surface area contributed by atoms with Gasteiger partial charge in [-0.2, -0.15) is 0 Å². The van der Waals surface area contributed by atoms with Crippen molar-refractivity contribution in [3.05, 3.63) is 52.6 Å². The molecule has 1 saturated heterocycles. The van der Waals surface area contributed by atoms with Crippen LogP contribution in [0.3, 0.4) is 0 Å². The average molecular weight is 425 g/mol. The molecule has 5 nitrogen and oxygen atoms in total. The molecule has 1 amide bonds. The molecule has 2 aromatic carbocycles. The zero-order valence-corrected chi connectivity index (χ0v) is 19.6. The Labute approximate surface area is 186 Å². The number of nitrogens with one attached hydrogen (secondary N) is 1. The molecule has 1 aliphatic rings. The summed E-state index contributed by atoms with van der Waals surface area (Å²) >= 11 is 0. The first-order valence-electron chi connectivity index (χ1n) is 11.2. The molecule has 168 valence electrons. The van der Waals surface area contributed by atoms with Gasteiger partial charge in [0.1, 0.15) is 11.5 Å². The zero-order chi connectivity index (χ0) is 22.4. The van der Waals surface area contributed by atoms with E-state index in [-0.39, 0.29) is 5.91 Å². The minimum atomic E-state index is 0.0805. The van der Waals surface area contributed by atoms with Gasteiger partial charge in [-0.05, 0) is 94.3 Å². The first-order chi connectivity index (χ1) is 14.9. The van der Waals surface area contributed by atoms with Crippen molar-refractivity contribution in [3.63, 3.8) is 0 Å². The van der Waals surface area contributed by atoms with E-state index in [0.717, 1.165) is 67.1 Å². The number of amides is 1. The van der Waals surface area contributed by atoms with Gasteiger partial charge in [-0.3, -0.25) is 9.69 Å². The summed E-state index contributed by atoms with van der Waals surface area (Å²) in [5, 5.41) is 3.13. The molecule has 0 unspecified atom stereocenters. The van der Waals surface area contributed by atoms with Gasteiger partial charge in [0.2, 0.25) is 5.91 Å². The molecule has 0 aromatic heterocycles. The molecule has 0 bridgehead atoms. The molecule has 0 radical (unpaired) electrons. The Morgan fingerprint density at radius 1 is 0.968 bits per heavy atom. The summed E-state index contributed by atoms with van der Waals surface area (Å²) in [7, 11) is 3.37. The molecule has 2 aromatic rings. The second-order valence-electron chi connectivity index (χ2n) is 8.80. The minimum Gasteiger partial charge on any atom is -0.497 e. The van der Waals surface area contributed by atoms with Crippen molar-refractivity contribution >= 4 is 11.6 Å². The number of methoxy groups -OCH3 is 2. The Bertz CT molecular complexity index is 856. The third-order valence-electron chi connectivity index (χ3n) is 6.27. The molecule has 1 aliphatic heterocycles. The van der Waals surface area contributed by atoms with E-state index in [1.165, 1.54) is 11.1 Å². The van der Waals surface area contributed by atoms with Crippen molar-refractivity contribution in [3.8, 4) is 11.5 Å². The predicted octanol–water partition coefficient (Wildman–Crippen LogP) is 4.91. The van der Waals surface area contributed by atoms with Gasteiger partial charge in [0.05, 0.1) is 20.8 Å². The predicted molar refractivity (Wildman–Crippen MR) is 126 cm³/mol. The summed E-state index contributed by atoms with van der Waals surface area (Å²) in [5.74, 6) is 2.46. The first kappa shape index (κ1) is 23.1. The normalized spacial score (nSPS) is 15.0. The fourth-order valence-corrected chi connectivity index (χ4v) is 4.57. The number of aryl methyl sites for hydroxylation is 4. The Morgan fingerprint density at radius 3 is 2.10 bits per heavy atom. The number of hydrogen-bond donors (Lipinski definition) is 1. The lowest BCUT2D eigenvalue weighted by molar-refractivity contribution is -0.117. The molecular weight excluding hydrogens is 388 g/mol. The topological polar surface area (TPSA) is 50.8 Å². The molecule has 1 N–H and O–H groups in total. The van der Waals surface area contributed by atoms with E-state index in [4.69, 9.17) is 9.47 Å². The van der Waals surface area contributed by atoms with E-state index in [1.807, 2.05) is 6.07 Å². The van der Waals surface area contributed by atoms with Crippen LogP contribution in [-0.4, -0.2) is 44.7 Å². The van der Waals surface area contributed by atoms with Gasteiger partial charge in [0, 0.05) is 11.8 Å². The van der Waals surface area contributed by atoms with Crippen LogP contribution in [0.1, 0.15) is 41.5 Å². The number of carbonyl (C=O) groups excluding carboxylic acids is 1. The van der Waals surface area contributed by atoms with Crippen LogP contribution in [0.2, 0.25) is 0 Å². The summed E-state index contributed by atoms with van der Waals surface area (Å²) < 4.78 is 10.8. The number of benzene rings is 2. The van der Waals surface area contributed by atoms with E-state index in [1.54, 1.807) is 14.2 Å². The van der Waals surface area contributed by atoms with Crippen molar-refractivity contribution < 1.29 is 14.3 Å². The number of carbonyl (C=O) groups is 1. The highest BCUT2D eigenvalue weighted by Crippen LogP contribution is 2.27. The number of hydrogen-bond acceptors (Lipinski definition) is 4. The SMILES string of the molecule is COc1cc(CCC2CCN(CC(=O)Nc3c(C)cc(C)cc3C)CC2)cc(OC)c1. The monoisotopic (exact) mass is 424 g/mol. The Hall–Kier alpha value is -2.53. The zero-order valence-electron chi connectivity index (χ0n) is 19.6. The molecule has 31 heavy (non-hydrogen) atoms. The average Bonchev–Trinajstić information content (AvgIpc) is 2.75. The highest BCUT2D eigenvalue weighted by atomic mass is 16.5. The standard InChI is InChI=1S/C26H36N2O3/c1-18-12-19(2)26(20(3)13-18)27-25(29)17-28-10-8-21(9-11-28)6-7-22-14-23(30-4)16-24(15-22)31-5/h12-16,21H,6-11,17H2,1-5H3,(H,27,29). The highest BCUT2D eigenvalue weighted by molar-refractivity contribution is 5.93. The lowest BCUT2D eigenvalue weighted by atomic mass is 9.90. The van der Waals surface area contributed by atoms with E-state index in [0.29, 0.717) is 12.5 Å². The smallest absolute Gasteiger partial charge is 0.238 e. The van der Waals surface area contributed by atoms with Crippen LogP contribution in [-0.2, 0) is 11.2 Å². The number of rotatable bonds is 8. The summed E-state index contributed by atoms with van der Waals surface area (Å²) in [4.78, 5) is 14.9. The van der Waals surface area contributed by atoms with Gasteiger partial charge in [0.15, 0.2) is 0 Å². The fourth-order valence-electron chi connectivity index (χ4n) is 4.57. The van der Waals surface area contributed by atoms with Crippen molar-refractivity contribution in [2.24, 2.45) is 5.92 Å². The molecule has 3 rings (SSSR count). The van der Waals surface area contributed by atoms with E-state index in [2.05, 4.69) is 55.3 Å². The number of ether oxygens (including phenoxy) is 2. The highest BCUT2D eigenvalue weighted by Gasteiger charge is 2.21. The summed E-state index contributed by atoms with van der Waals surface area (Å²) in [6.07, 6.45) is 4.44. The van der Waals surface area contributed by atoms with Gasteiger partial charge in [-0.25, -0.2) is 0 Å². The largest absolute Gasteiger partial charge is 0.497 e. The Morgan fingerprint density at radius 2 is 1.55 bits per heavy atom. The molecule has 0 aliphatic carbocycles. The van der Waals surface area contributed by atoms with Crippen LogP contribution >= 0.6 is 0 Å². The van der Waals surface area contributed by atoms with Crippen molar-refractivity contribution in [2.75, 3.05) is 39.2 Å². The van der Waals surface area contributed by atoms with E-state index in [9.17, 15) is 4.79 Å². The van der Waals surface area contributed by atoms with Crippen LogP contribution in [0.25, 0.3) is 0 Å². The van der Waals surface area contributed by atoms with Crippen molar-refractivity contribution in [2.45, 2.75) is 46.5 Å². The molecule has 0 spiro atoms. The van der Waals surface area contributed by atoms with Gasteiger partial charge in [0.25, 0.3) is 0 Å². The molecule has 0 saturated carbocycles. The third-order valence-corrected chi connectivity index (χ3v) is 6.27. The minimum absolute atomic E-state index is 0.0805. The second kappa shape index (κ2) is 10.7. The summed E-state index contributed by atoms with van der Waals surface area (Å²) in [5.41, 5.74) is 5.68. The number of nitrogens with zero attached hydrogens (tertiary/aromatic N) is 1. The number of likely N-dealkylation sites (tertiary alicyclic amines) is 1. The van der Waals surface area contributed by atoms with Crippen molar-refractivity contribution in [1.82, 2.24) is 4.90 Å². The van der Waals surface area contributed by atoms with Gasteiger partial charge in [-0.15, -0.1) is 0 Å². The molecule has 0 atom stereocenters. The summed E-state index contributed by atoms with van der Waals surface area (Å²) in [6, 6.07) is 10.3. The lowest BCUT2D eigenvalue weighted by Crippen LogP contribution is -2.39. The first-order valence-corrected chi connectivity index (χ1v) is 11.2. The van der Waals surface area contributed by atoms with Crippen molar-refractivity contribution in [1.29, 1.82) is 0 Å². The van der Waals surface area contributed by atoms with Gasteiger partial charge in [-0.1, -0.05) is 17.7 Å². The lowest BCUT2D eigenvalue weighted by Gasteiger charge is -2.31. The fraction of sp³-hybridized carbons (Fsp3) is 0.500. The maximum atomic E-state index is 12.6. The van der Waals surface area contributed by atoms with E-state index >= 15 is 0 Å². The molecule has 1 fully saturated rings. The van der Waals surface area contributed by atoms with E-state index < -0.39 is 0 Å². The van der Waals surface area contributed by atoms with Crippen LogP contribution in [0.5, 0.6) is 11.5 Å².